The summed E-state index contributed by atoms with van der Waals surface area (Å²) in [6, 6.07) is -0.205. The van der Waals surface area contributed by atoms with Crippen LogP contribution in [0, 0.1) is 5.92 Å². The lowest BCUT2D eigenvalue weighted by Gasteiger charge is -2.44. The molecular formula is C15H21N3O4S. The van der Waals surface area contributed by atoms with E-state index >= 15 is 0 Å². The minimum atomic E-state index is -1.07. The molecule has 3 heterocycles. The van der Waals surface area contributed by atoms with Gasteiger partial charge in [0.15, 0.2) is 0 Å². The molecule has 23 heavy (non-hydrogen) atoms. The molecule has 0 aromatic carbocycles. The average molecular weight is 339 g/mol. The van der Waals surface area contributed by atoms with E-state index in [1.165, 1.54) is 16.7 Å². The van der Waals surface area contributed by atoms with Crippen LogP contribution in [0.25, 0.3) is 0 Å². The fraction of sp³-hybridized carbons (Fsp3) is 0.667. The summed E-state index contributed by atoms with van der Waals surface area (Å²) >= 11 is 1.47. The molecule has 0 saturated carbocycles. The van der Waals surface area contributed by atoms with E-state index in [4.69, 9.17) is 0 Å². The van der Waals surface area contributed by atoms with Gasteiger partial charge < -0.3 is 20.4 Å². The Morgan fingerprint density at radius 2 is 2.35 bits per heavy atom. The summed E-state index contributed by atoms with van der Waals surface area (Å²) in [5, 5.41) is 22.4. The smallest absolute Gasteiger partial charge is 0.353 e. The highest BCUT2D eigenvalue weighted by atomic mass is 32.2. The van der Waals surface area contributed by atoms with Crippen LogP contribution in [-0.2, 0) is 9.59 Å². The predicted octanol–water partition coefficient (Wildman–Crippen LogP) is 0.409. The highest BCUT2D eigenvalue weighted by Gasteiger charge is 2.56. The molecule has 0 radical (unpaired) electrons. The van der Waals surface area contributed by atoms with Gasteiger partial charge in [-0.15, -0.1) is 11.8 Å². The van der Waals surface area contributed by atoms with Crippen LogP contribution >= 0.6 is 11.8 Å². The Hall–Kier alpha value is -1.54. The molecule has 8 heteroatoms. The van der Waals surface area contributed by atoms with Crippen molar-refractivity contribution in [3.63, 3.8) is 0 Å². The van der Waals surface area contributed by atoms with Gasteiger partial charge in [0.2, 0.25) is 5.91 Å². The molecule has 126 valence electrons. The van der Waals surface area contributed by atoms with Gasteiger partial charge in [0.25, 0.3) is 0 Å². The highest BCUT2D eigenvalue weighted by molar-refractivity contribution is 8.03. The Labute approximate surface area is 138 Å². The molecular weight excluding hydrogens is 318 g/mol. The number of rotatable bonds is 6. The quantitative estimate of drug-likeness (QED) is 0.478. The van der Waals surface area contributed by atoms with Crippen molar-refractivity contribution in [1.82, 2.24) is 10.2 Å². The Bertz CT molecular complexity index is 587. The monoisotopic (exact) mass is 339 g/mol. The molecule has 1 saturated heterocycles. The van der Waals surface area contributed by atoms with E-state index in [0.29, 0.717) is 6.42 Å². The van der Waals surface area contributed by atoms with Crippen molar-refractivity contribution in [2.24, 2.45) is 10.9 Å². The normalized spacial score (nSPS) is 27.7. The molecule has 1 fully saturated rings. The fourth-order valence-corrected chi connectivity index (χ4v) is 4.47. The van der Waals surface area contributed by atoms with E-state index in [1.54, 1.807) is 6.92 Å². The zero-order valence-corrected chi connectivity index (χ0v) is 13.8. The van der Waals surface area contributed by atoms with Gasteiger partial charge in [-0.3, -0.25) is 9.79 Å². The van der Waals surface area contributed by atoms with E-state index in [9.17, 15) is 19.8 Å². The molecule has 0 aliphatic carbocycles. The summed E-state index contributed by atoms with van der Waals surface area (Å²) in [6.45, 7) is 3.18. The number of amides is 1. The van der Waals surface area contributed by atoms with Crippen LogP contribution in [0.15, 0.2) is 15.6 Å². The van der Waals surface area contributed by atoms with E-state index < -0.39 is 18.0 Å². The molecule has 0 aromatic rings. The summed E-state index contributed by atoms with van der Waals surface area (Å²) in [5.74, 6) is -0.0813. The first-order valence-corrected chi connectivity index (χ1v) is 8.87. The van der Waals surface area contributed by atoms with Crippen molar-refractivity contribution in [2.45, 2.75) is 38.3 Å². The molecule has 0 aromatic heterocycles. The second-order valence-electron chi connectivity index (χ2n) is 6.03. The maximum atomic E-state index is 12.1. The standard InChI is InChI=1S/C15H21N3O4S/c1-8(19)12-9-7-10(13(15(21)22)18(9)14(12)20)23-6-5-17-11-3-2-4-16-11/h8-9,12,19H,2-7H2,1H3,(H,16,17)(H,21,22)/t8?,9-,12-/m1/s1. The third-order valence-electron chi connectivity index (χ3n) is 4.47. The van der Waals surface area contributed by atoms with Gasteiger partial charge in [-0.1, -0.05) is 0 Å². The van der Waals surface area contributed by atoms with Gasteiger partial charge in [-0.05, 0) is 13.3 Å². The number of carbonyl (C=O) groups excluding carboxylic acids is 1. The summed E-state index contributed by atoms with van der Waals surface area (Å²) < 4.78 is 0. The fourth-order valence-electron chi connectivity index (χ4n) is 3.41. The number of fused-ring (bicyclic) bond motifs is 1. The number of carbonyl (C=O) groups is 2. The lowest BCUT2D eigenvalue weighted by Crippen LogP contribution is -2.61. The third-order valence-corrected chi connectivity index (χ3v) is 5.59. The zero-order chi connectivity index (χ0) is 16.6. The lowest BCUT2D eigenvalue weighted by molar-refractivity contribution is -0.161. The van der Waals surface area contributed by atoms with Gasteiger partial charge in [-0.2, -0.15) is 0 Å². The molecule has 1 unspecified atom stereocenters. The van der Waals surface area contributed by atoms with Crippen LogP contribution in [-0.4, -0.2) is 63.8 Å². The number of nitrogens with one attached hydrogen (secondary N) is 1. The first-order chi connectivity index (χ1) is 11.0. The van der Waals surface area contributed by atoms with Crippen LogP contribution in [0.5, 0.6) is 0 Å². The number of aliphatic hydroxyl groups is 1. The van der Waals surface area contributed by atoms with Crippen LogP contribution < -0.4 is 5.32 Å². The zero-order valence-electron chi connectivity index (χ0n) is 13.0. The number of amidine groups is 1. The van der Waals surface area contributed by atoms with Crippen molar-refractivity contribution in [3.05, 3.63) is 10.6 Å². The first kappa shape index (κ1) is 16.3. The van der Waals surface area contributed by atoms with Crippen molar-refractivity contribution < 1.29 is 19.8 Å². The number of thioether (sulfide) groups is 1. The number of aliphatic imine (C=N–C) groups is 1. The van der Waals surface area contributed by atoms with E-state index in [-0.39, 0.29) is 17.6 Å². The number of aliphatic hydroxyl groups excluding tert-OH is 1. The molecule has 0 spiro atoms. The Morgan fingerprint density at radius 1 is 1.57 bits per heavy atom. The van der Waals surface area contributed by atoms with Crippen LogP contribution in [0.1, 0.15) is 26.2 Å². The van der Waals surface area contributed by atoms with Gasteiger partial charge in [0.1, 0.15) is 5.70 Å². The number of aliphatic carboxylic acids is 1. The van der Waals surface area contributed by atoms with Crippen LogP contribution in [0.3, 0.4) is 0 Å². The molecule has 3 rings (SSSR count). The molecule has 1 amide bonds. The van der Waals surface area contributed by atoms with Crippen molar-refractivity contribution >= 4 is 29.5 Å². The Kier molecular flexibility index (Phi) is 4.63. The highest BCUT2D eigenvalue weighted by Crippen LogP contribution is 2.46. The lowest BCUT2D eigenvalue weighted by atomic mass is 9.83. The number of carboxylic acids is 1. The summed E-state index contributed by atoms with van der Waals surface area (Å²) in [7, 11) is 0. The second-order valence-corrected chi connectivity index (χ2v) is 7.22. The Morgan fingerprint density at radius 3 is 2.96 bits per heavy atom. The SMILES string of the molecule is CC(O)[C@H]1C(=O)N2C(C(=O)O)=C(SCCNC3=NCCC3)C[C@H]12. The summed E-state index contributed by atoms with van der Waals surface area (Å²) in [6.07, 6.45) is 1.84. The van der Waals surface area contributed by atoms with E-state index in [1.807, 2.05) is 0 Å². The maximum Gasteiger partial charge on any atom is 0.353 e. The molecule has 3 aliphatic heterocycles. The maximum absolute atomic E-state index is 12.1. The van der Waals surface area contributed by atoms with Gasteiger partial charge in [0, 0.05) is 36.6 Å². The van der Waals surface area contributed by atoms with Crippen LogP contribution in [0.2, 0.25) is 0 Å². The Balaban J connectivity index is 1.59. The third kappa shape index (κ3) is 2.97. The summed E-state index contributed by atoms with van der Waals surface area (Å²) in [4.78, 5) is 30.0. The van der Waals surface area contributed by atoms with Crippen molar-refractivity contribution in [2.75, 3.05) is 18.8 Å². The summed E-state index contributed by atoms with van der Waals surface area (Å²) in [5.41, 5.74) is 0.0973. The van der Waals surface area contributed by atoms with E-state index in [0.717, 1.165) is 42.4 Å². The largest absolute Gasteiger partial charge is 0.477 e. The molecule has 0 bridgehead atoms. The first-order valence-electron chi connectivity index (χ1n) is 7.88. The second kappa shape index (κ2) is 6.52. The minimum Gasteiger partial charge on any atom is -0.477 e. The van der Waals surface area contributed by atoms with Crippen molar-refractivity contribution in [1.29, 1.82) is 0 Å². The van der Waals surface area contributed by atoms with Crippen molar-refractivity contribution in [3.8, 4) is 0 Å². The molecule has 3 atom stereocenters. The molecule has 3 aliphatic rings. The topological polar surface area (TPSA) is 102 Å². The van der Waals surface area contributed by atoms with E-state index in [2.05, 4.69) is 10.3 Å². The number of hydrogen-bond donors (Lipinski definition) is 3. The number of carboxylic acid groups (broad SMARTS) is 1. The minimum absolute atomic E-state index is 0.0973. The number of nitrogens with zero attached hydrogens (tertiary/aromatic N) is 2. The number of hydrogen-bond acceptors (Lipinski definition) is 6. The predicted molar refractivity (Wildman–Crippen MR) is 87.1 cm³/mol. The van der Waals surface area contributed by atoms with Crippen LogP contribution in [0.4, 0.5) is 0 Å². The van der Waals surface area contributed by atoms with Gasteiger partial charge >= 0.3 is 5.97 Å². The molecule has 3 N–H and O–H groups in total. The number of β-lactam (4-membered cyclic amide) rings is 1. The molecule has 7 nitrogen and oxygen atoms in total. The average Bonchev–Trinajstić information content (AvgIpc) is 3.09. The van der Waals surface area contributed by atoms with Gasteiger partial charge in [0.05, 0.1) is 23.9 Å². The van der Waals surface area contributed by atoms with Gasteiger partial charge in [-0.25, -0.2) is 4.79 Å².